The van der Waals surface area contributed by atoms with Crippen LogP contribution in [0.1, 0.15) is 71.8 Å². The molecule has 0 aromatic carbocycles. The third-order valence-corrected chi connectivity index (χ3v) is 4.10. The summed E-state index contributed by atoms with van der Waals surface area (Å²) in [4.78, 5) is 16.4. The van der Waals surface area contributed by atoms with Crippen molar-refractivity contribution in [2.24, 2.45) is 10.4 Å². The van der Waals surface area contributed by atoms with Crippen LogP contribution in [0, 0.1) is 5.41 Å². The Balaban J connectivity index is 2.52. The summed E-state index contributed by atoms with van der Waals surface area (Å²) in [6.07, 6.45) is 2.10. The van der Waals surface area contributed by atoms with E-state index >= 15 is 0 Å². The van der Waals surface area contributed by atoms with E-state index in [9.17, 15) is 4.79 Å². The Morgan fingerprint density at radius 3 is 2.38 bits per heavy atom. The number of rotatable bonds is 9. The summed E-state index contributed by atoms with van der Waals surface area (Å²) in [6.45, 7) is 14.4. The quantitative estimate of drug-likeness (QED) is 0.356. The Labute approximate surface area is 157 Å². The molecule has 0 aliphatic heterocycles. The lowest BCUT2D eigenvalue weighted by molar-refractivity contribution is -0.128. The van der Waals surface area contributed by atoms with E-state index in [0.717, 1.165) is 30.8 Å². The van der Waals surface area contributed by atoms with Gasteiger partial charge in [0.1, 0.15) is 6.54 Å². The molecular formula is C19H35N5O2. The van der Waals surface area contributed by atoms with Crippen LogP contribution in [0.5, 0.6) is 0 Å². The second-order valence-corrected chi connectivity index (χ2v) is 7.36. The minimum atomic E-state index is -0.378. The first-order chi connectivity index (χ1) is 12.3. The van der Waals surface area contributed by atoms with Crippen LogP contribution in [0.15, 0.2) is 15.6 Å². The summed E-state index contributed by atoms with van der Waals surface area (Å²) < 4.78 is 5.40. The third kappa shape index (κ3) is 7.45. The minimum absolute atomic E-state index is 0.0387. The number of nitrogens with one attached hydrogen (secondary N) is 3. The zero-order valence-electron chi connectivity index (χ0n) is 17.1. The van der Waals surface area contributed by atoms with Crippen LogP contribution < -0.4 is 16.0 Å². The maximum absolute atomic E-state index is 11.8. The summed E-state index contributed by atoms with van der Waals surface area (Å²) in [5, 5.41) is 13.5. The Bertz CT molecular complexity index is 571. The van der Waals surface area contributed by atoms with Gasteiger partial charge < -0.3 is 20.5 Å². The lowest BCUT2D eigenvalue weighted by Gasteiger charge is -2.18. The zero-order chi connectivity index (χ0) is 19.6. The van der Waals surface area contributed by atoms with Gasteiger partial charge in [-0.3, -0.25) is 4.79 Å². The van der Waals surface area contributed by atoms with Gasteiger partial charge in [-0.2, -0.15) is 0 Å². The van der Waals surface area contributed by atoms with Crippen molar-refractivity contribution in [1.29, 1.82) is 0 Å². The van der Waals surface area contributed by atoms with Crippen LogP contribution in [0.3, 0.4) is 0 Å². The van der Waals surface area contributed by atoms with Gasteiger partial charge in [0.25, 0.3) is 0 Å². The van der Waals surface area contributed by atoms with Gasteiger partial charge in [-0.15, -0.1) is 0 Å². The molecule has 26 heavy (non-hydrogen) atoms. The summed E-state index contributed by atoms with van der Waals surface area (Å²) in [5.41, 5.74) is 0.625. The van der Waals surface area contributed by atoms with Gasteiger partial charge in [0.2, 0.25) is 5.91 Å². The molecule has 0 radical (unpaired) electrons. The molecule has 0 saturated heterocycles. The van der Waals surface area contributed by atoms with E-state index in [0.29, 0.717) is 31.5 Å². The Morgan fingerprint density at radius 2 is 1.81 bits per heavy atom. The van der Waals surface area contributed by atoms with Crippen LogP contribution in [0.4, 0.5) is 0 Å². The number of guanidine groups is 1. The van der Waals surface area contributed by atoms with Crippen molar-refractivity contribution in [3.8, 4) is 0 Å². The molecule has 0 spiro atoms. The molecular weight excluding hydrogens is 330 g/mol. The van der Waals surface area contributed by atoms with Gasteiger partial charge >= 0.3 is 0 Å². The van der Waals surface area contributed by atoms with E-state index in [1.807, 2.05) is 33.8 Å². The third-order valence-electron chi connectivity index (χ3n) is 4.10. The Kier molecular flexibility index (Phi) is 9.16. The number of carbonyl (C=O) groups excluding carboxylic acids is 1. The van der Waals surface area contributed by atoms with Gasteiger partial charge in [0.05, 0.1) is 5.69 Å². The van der Waals surface area contributed by atoms with Crippen molar-refractivity contribution in [2.75, 3.05) is 19.6 Å². The fourth-order valence-corrected chi connectivity index (χ4v) is 2.42. The molecule has 1 amide bonds. The highest BCUT2D eigenvalue weighted by molar-refractivity contribution is 5.81. The molecule has 1 aromatic heterocycles. The van der Waals surface area contributed by atoms with Crippen LogP contribution >= 0.6 is 0 Å². The fraction of sp³-hybridized carbons (Fsp3) is 0.737. The summed E-state index contributed by atoms with van der Waals surface area (Å²) in [7, 11) is 0. The highest BCUT2D eigenvalue weighted by Gasteiger charge is 2.20. The number of hydrogen-bond acceptors (Lipinski definition) is 4. The molecule has 0 aliphatic carbocycles. The fourth-order valence-electron chi connectivity index (χ4n) is 2.42. The van der Waals surface area contributed by atoms with E-state index in [4.69, 9.17) is 4.52 Å². The number of amides is 1. The summed E-state index contributed by atoms with van der Waals surface area (Å²) in [6, 6.07) is 1.99. The van der Waals surface area contributed by atoms with E-state index in [1.54, 1.807) is 0 Å². The predicted molar refractivity (Wildman–Crippen MR) is 105 cm³/mol. The minimum Gasteiger partial charge on any atom is -0.359 e. The normalized spacial score (nSPS) is 12.3. The van der Waals surface area contributed by atoms with Gasteiger partial charge in [0.15, 0.2) is 11.7 Å². The summed E-state index contributed by atoms with van der Waals surface area (Å²) >= 11 is 0. The first-order valence-electron chi connectivity index (χ1n) is 9.57. The van der Waals surface area contributed by atoms with Crippen LogP contribution in [-0.2, 0) is 11.3 Å². The summed E-state index contributed by atoms with van der Waals surface area (Å²) in [5.74, 6) is 1.93. The highest BCUT2D eigenvalue weighted by atomic mass is 16.5. The molecule has 3 N–H and O–H groups in total. The van der Waals surface area contributed by atoms with Crippen molar-refractivity contribution in [3.05, 3.63) is 17.5 Å². The van der Waals surface area contributed by atoms with E-state index in [-0.39, 0.29) is 11.3 Å². The number of hydrogen-bond donors (Lipinski definition) is 3. The lowest BCUT2D eigenvalue weighted by atomic mass is 9.96. The molecule has 7 nitrogen and oxygen atoms in total. The van der Waals surface area contributed by atoms with Crippen LogP contribution in [-0.4, -0.2) is 36.7 Å². The number of aliphatic imine (C=N–C) groups is 1. The second kappa shape index (κ2) is 10.8. The SMILES string of the molecule is CCNC(=NCc1cc(C(CC)CC)no1)NCCNC(=O)C(C)(C)C. The molecule has 7 heteroatoms. The van der Waals surface area contributed by atoms with Gasteiger partial charge in [-0.1, -0.05) is 39.8 Å². The monoisotopic (exact) mass is 365 g/mol. The highest BCUT2D eigenvalue weighted by Crippen LogP contribution is 2.22. The first-order valence-corrected chi connectivity index (χ1v) is 9.57. The molecule has 0 fully saturated rings. The average Bonchev–Trinajstić information content (AvgIpc) is 3.05. The van der Waals surface area contributed by atoms with Crippen LogP contribution in [0.2, 0.25) is 0 Å². The molecule has 0 saturated carbocycles. The van der Waals surface area contributed by atoms with Gasteiger partial charge in [-0.05, 0) is 19.8 Å². The second-order valence-electron chi connectivity index (χ2n) is 7.36. The number of aromatic nitrogens is 1. The standard InChI is InChI=1S/C19H35N5O2/c1-7-14(8-2)16-12-15(26-24-16)13-23-18(20-9-3)22-11-10-21-17(25)19(4,5)6/h12,14H,7-11,13H2,1-6H3,(H,21,25)(H2,20,22,23). The van der Waals surface area contributed by atoms with Crippen LogP contribution in [0.25, 0.3) is 0 Å². The Hall–Kier alpha value is -2.05. The molecule has 1 heterocycles. The van der Waals surface area contributed by atoms with E-state index < -0.39 is 0 Å². The maximum Gasteiger partial charge on any atom is 0.225 e. The molecule has 1 aromatic rings. The largest absolute Gasteiger partial charge is 0.359 e. The topological polar surface area (TPSA) is 91.6 Å². The molecule has 0 unspecified atom stereocenters. The van der Waals surface area contributed by atoms with Crippen molar-refractivity contribution in [1.82, 2.24) is 21.1 Å². The number of carbonyl (C=O) groups is 1. The van der Waals surface area contributed by atoms with Crippen molar-refractivity contribution in [3.63, 3.8) is 0 Å². The van der Waals surface area contributed by atoms with Gasteiger partial charge in [0, 0.05) is 37.0 Å². The molecule has 0 aliphatic rings. The van der Waals surface area contributed by atoms with Crippen molar-refractivity contribution in [2.45, 2.75) is 66.8 Å². The molecule has 148 valence electrons. The predicted octanol–water partition coefficient (Wildman–Crippen LogP) is 2.80. The van der Waals surface area contributed by atoms with Crippen molar-refractivity contribution >= 4 is 11.9 Å². The molecule has 1 rings (SSSR count). The van der Waals surface area contributed by atoms with Crippen molar-refractivity contribution < 1.29 is 9.32 Å². The molecule has 0 bridgehead atoms. The maximum atomic E-state index is 11.8. The molecule has 0 atom stereocenters. The van der Waals surface area contributed by atoms with Gasteiger partial charge in [-0.25, -0.2) is 4.99 Å². The smallest absolute Gasteiger partial charge is 0.225 e. The van der Waals surface area contributed by atoms with E-state index in [1.165, 1.54) is 0 Å². The number of nitrogens with zero attached hydrogens (tertiary/aromatic N) is 2. The van der Waals surface area contributed by atoms with E-state index in [2.05, 4.69) is 39.9 Å². The Morgan fingerprint density at radius 1 is 1.15 bits per heavy atom. The average molecular weight is 366 g/mol. The zero-order valence-corrected chi connectivity index (χ0v) is 17.1. The first kappa shape index (κ1) is 22.0. The lowest BCUT2D eigenvalue weighted by Crippen LogP contribution is -2.43.